The molecule has 1 atom stereocenters. The Morgan fingerprint density at radius 2 is 2.15 bits per heavy atom. The van der Waals surface area contributed by atoms with Gasteiger partial charge < -0.3 is 5.11 Å². The summed E-state index contributed by atoms with van der Waals surface area (Å²) < 4.78 is 0. The van der Waals surface area contributed by atoms with Crippen molar-refractivity contribution in [3.8, 4) is 0 Å². The van der Waals surface area contributed by atoms with Gasteiger partial charge in [0.2, 0.25) is 0 Å². The smallest absolute Gasteiger partial charge is 0.0462 e. The Balaban J connectivity index is 4.13. The van der Waals surface area contributed by atoms with Crippen LogP contribution < -0.4 is 0 Å². The lowest BCUT2D eigenvalue weighted by Crippen LogP contribution is -2.05. The molecule has 0 fully saturated rings. The first-order valence-electron chi connectivity index (χ1n) is 4.74. The van der Waals surface area contributed by atoms with Gasteiger partial charge in [0.1, 0.15) is 0 Å². The lowest BCUT2D eigenvalue weighted by Gasteiger charge is -2.13. The summed E-state index contributed by atoms with van der Waals surface area (Å²) in [6, 6.07) is 0. The third kappa shape index (κ3) is 4.69. The Labute approximate surface area is 81.5 Å². The van der Waals surface area contributed by atoms with E-state index in [0.29, 0.717) is 5.92 Å². The number of allylic oxidation sites excluding steroid dienone is 4. The number of aliphatic hydroxyl groups is 1. The van der Waals surface area contributed by atoms with Crippen molar-refractivity contribution in [2.45, 2.75) is 26.7 Å². The fraction of sp³-hybridized carbons (Fsp3) is 0.500. The van der Waals surface area contributed by atoms with Crippen molar-refractivity contribution in [3.63, 3.8) is 0 Å². The topological polar surface area (TPSA) is 20.2 Å². The SMILES string of the molecule is C=C/C=C(/C)C(=C)CC(CC)CO. The molecule has 74 valence electrons. The maximum absolute atomic E-state index is 9.01. The maximum atomic E-state index is 9.01. The molecule has 0 rings (SSSR count). The molecular weight excluding hydrogens is 160 g/mol. The lowest BCUT2D eigenvalue weighted by atomic mass is 9.94. The van der Waals surface area contributed by atoms with E-state index < -0.39 is 0 Å². The first kappa shape index (κ1) is 12.2. The van der Waals surface area contributed by atoms with E-state index in [0.717, 1.165) is 24.0 Å². The van der Waals surface area contributed by atoms with Crippen molar-refractivity contribution in [2.24, 2.45) is 5.92 Å². The van der Waals surface area contributed by atoms with Gasteiger partial charge in [-0.1, -0.05) is 44.2 Å². The predicted octanol–water partition coefficient (Wildman–Crippen LogP) is 3.08. The highest BCUT2D eigenvalue weighted by atomic mass is 16.3. The average Bonchev–Trinajstić information content (AvgIpc) is 2.14. The minimum absolute atomic E-state index is 0.247. The van der Waals surface area contributed by atoms with E-state index in [1.807, 2.05) is 13.0 Å². The summed E-state index contributed by atoms with van der Waals surface area (Å²) in [7, 11) is 0. The normalized spacial score (nSPS) is 13.9. The summed E-state index contributed by atoms with van der Waals surface area (Å²) >= 11 is 0. The Morgan fingerprint density at radius 1 is 1.54 bits per heavy atom. The molecule has 0 aromatic carbocycles. The minimum Gasteiger partial charge on any atom is -0.396 e. The highest BCUT2D eigenvalue weighted by molar-refractivity contribution is 5.29. The Hall–Kier alpha value is -0.820. The van der Waals surface area contributed by atoms with Crippen LogP contribution in [0.5, 0.6) is 0 Å². The molecule has 13 heavy (non-hydrogen) atoms. The number of aliphatic hydroxyl groups excluding tert-OH is 1. The first-order valence-corrected chi connectivity index (χ1v) is 4.74. The minimum atomic E-state index is 0.247. The van der Waals surface area contributed by atoms with Crippen molar-refractivity contribution in [1.29, 1.82) is 0 Å². The van der Waals surface area contributed by atoms with Gasteiger partial charge >= 0.3 is 0 Å². The van der Waals surface area contributed by atoms with Crippen LogP contribution in [0.4, 0.5) is 0 Å². The van der Waals surface area contributed by atoms with Crippen molar-refractivity contribution >= 4 is 0 Å². The van der Waals surface area contributed by atoms with Gasteiger partial charge in [0.05, 0.1) is 0 Å². The zero-order chi connectivity index (χ0) is 10.3. The molecule has 0 bridgehead atoms. The molecule has 0 aliphatic heterocycles. The highest BCUT2D eigenvalue weighted by Crippen LogP contribution is 2.19. The molecule has 0 aromatic heterocycles. The van der Waals surface area contributed by atoms with Gasteiger partial charge in [-0.25, -0.2) is 0 Å². The van der Waals surface area contributed by atoms with E-state index in [1.54, 1.807) is 6.08 Å². The largest absolute Gasteiger partial charge is 0.396 e. The molecule has 0 amide bonds. The standard InChI is InChI=1S/C12H20O/c1-5-7-10(3)11(4)8-12(6-2)9-13/h5,7,12-13H,1,4,6,8-9H2,2-3H3/b10-7-. The molecule has 0 aliphatic carbocycles. The molecule has 0 saturated heterocycles. The maximum Gasteiger partial charge on any atom is 0.0462 e. The quantitative estimate of drug-likeness (QED) is 0.623. The van der Waals surface area contributed by atoms with Crippen LogP contribution >= 0.6 is 0 Å². The van der Waals surface area contributed by atoms with Crippen LogP contribution in [0, 0.1) is 5.92 Å². The van der Waals surface area contributed by atoms with Gasteiger partial charge in [-0.2, -0.15) is 0 Å². The first-order chi connectivity index (χ1) is 6.15. The van der Waals surface area contributed by atoms with Gasteiger partial charge in [-0.05, 0) is 24.8 Å². The second-order valence-corrected chi connectivity index (χ2v) is 3.35. The van der Waals surface area contributed by atoms with Crippen LogP contribution in [-0.4, -0.2) is 11.7 Å². The summed E-state index contributed by atoms with van der Waals surface area (Å²) in [4.78, 5) is 0. The van der Waals surface area contributed by atoms with Crippen LogP contribution in [0.3, 0.4) is 0 Å². The molecule has 0 aliphatic rings. The highest BCUT2D eigenvalue weighted by Gasteiger charge is 2.07. The average molecular weight is 180 g/mol. The number of hydrogen-bond donors (Lipinski definition) is 1. The van der Waals surface area contributed by atoms with Gasteiger partial charge in [-0.15, -0.1) is 0 Å². The molecule has 0 aromatic rings. The van der Waals surface area contributed by atoms with Crippen LogP contribution in [-0.2, 0) is 0 Å². The predicted molar refractivity (Wildman–Crippen MR) is 58.6 cm³/mol. The molecule has 0 radical (unpaired) electrons. The summed E-state index contributed by atoms with van der Waals surface area (Å²) in [6.45, 7) is 12.0. The van der Waals surface area contributed by atoms with Gasteiger partial charge in [0.25, 0.3) is 0 Å². The van der Waals surface area contributed by atoms with Crippen molar-refractivity contribution in [1.82, 2.24) is 0 Å². The Bertz CT molecular complexity index is 197. The number of rotatable bonds is 6. The zero-order valence-electron chi connectivity index (χ0n) is 8.71. The Morgan fingerprint density at radius 3 is 2.54 bits per heavy atom. The van der Waals surface area contributed by atoms with Crippen molar-refractivity contribution < 1.29 is 5.11 Å². The molecule has 1 nitrogen and oxygen atoms in total. The van der Waals surface area contributed by atoms with E-state index in [-0.39, 0.29) is 6.61 Å². The number of hydrogen-bond acceptors (Lipinski definition) is 1. The van der Waals surface area contributed by atoms with E-state index in [2.05, 4.69) is 20.1 Å². The summed E-state index contributed by atoms with van der Waals surface area (Å²) in [6.07, 6.45) is 5.59. The third-order valence-corrected chi connectivity index (χ3v) is 2.30. The van der Waals surface area contributed by atoms with E-state index in [4.69, 9.17) is 5.11 Å². The van der Waals surface area contributed by atoms with Crippen molar-refractivity contribution in [2.75, 3.05) is 6.61 Å². The van der Waals surface area contributed by atoms with Crippen LogP contribution in [0.15, 0.2) is 36.5 Å². The van der Waals surface area contributed by atoms with Gasteiger partial charge in [-0.3, -0.25) is 0 Å². The molecule has 0 spiro atoms. The summed E-state index contributed by atoms with van der Waals surface area (Å²) in [5.74, 6) is 0.348. The van der Waals surface area contributed by atoms with Crippen LogP contribution in [0.25, 0.3) is 0 Å². The molecule has 1 N–H and O–H groups in total. The second-order valence-electron chi connectivity index (χ2n) is 3.35. The van der Waals surface area contributed by atoms with Gasteiger partial charge in [0, 0.05) is 6.61 Å². The van der Waals surface area contributed by atoms with Crippen LogP contribution in [0.1, 0.15) is 26.7 Å². The monoisotopic (exact) mass is 180 g/mol. The summed E-state index contributed by atoms with van der Waals surface area (Å²) in [5.41, 5.74) is 2.25. The molecule has 0 saturated carbocycles. The summed E-state index contributed by atoms with van der Waals surface area (Å²) in [5, 5.41) is 9.01. The van der Waals surface area contributed by atoms with Gasteiger partial charge in [0.15, 0.2) is 0 Å². The fourth-order valence-electron chi connectivity index (χ4n) is 1.14. The van der Waals surface area contributed by atoms with E-state index in [9.17, 15) is 0 Å². The van der Waals surface area contributed by atoms with E-state index in [1.165, 1.54) is 0 Å². The Kier molecular flexibility index (Phi) is 6.25. The molecular formula is C12H20O. The second kappa shape index (κ2) is 6.67. The van der Waals surface area contributed by atoms with Crippen LogP contribution in [0.2, 0.25) is 0 Å². The fourth-order valence-corrected chi connectivity index (χ4v) is 1.14. The van der Waals surface area contributed by atoms with Crippen molar-refractivity contribution in [3.05, 3.63) is 36.5 Å². The molecule has 1 heteroatoms. The molecule has 1 unspecified atom stereocenters. The zero-order valence-corrected chi connectivity index (χ0v) is 8.71. The molecule has 0 heterocycles. The third-order valence-electron chi connectivity index (χ3n) is 2.30. The lowest BCUT2D eigenvalue weighted by molar-refractivity contribution is 0.222. The van der Waals surface area contributed by atoms with E-state index >= 15 is 0 Å².